The van der Waals surface area contributed by atoms with Crippen LogP contribution in [0.1, 0.15) is 0 Å². The fourth-order valence-electron chi connectivity index (χ4n) is 0. The second-order valence-electron chi connectivity index (χ2n) is 0. The van der Waals surface area contributed by atoms with E-state index in [0.29, 0.717) is 0 Å². The van der Waals surface area contributed by atoms with Crippen molar-refractivity contribution in [2.24, 2.45) is 0 Å². The molecule has 0 fully saturated rings. The van der Waals surface area contributed by atoms with Gasteiger partial charge in [0.25, 0.3) is 0 Å². The number of rotatable bonds is 0. The third-order valence-corrected chi connectivity index (χ3v) is 0. The van der Waals surface area contributed by atoms with Gasteiger partial charge in [-0.25, -0.2) is 0 Å². The fourth-order valence-corrected chi connectivity index (χ4v) is 0. The van der Waals surface area contributed by atoms with Crippen LogP contribution in [0.3, 0.4) is 0 Å². The molecule has 0 aromatic carbocycles. The molecule has 3 nitrogen and oxygen atoms in total. The Bertz CT molecular complexity index is 6.85. The summed E-state index contributed by atoms with van der Waals surface area (Å²) in [5.74, 6) is 0. The Morgan fingerprint density at radius 1 is 1.00 bits per heavy atom. The zero-order valence-electron chi connectivity index (χ0n) is 2.30. The molecule has 0 spiro atoms. The maximum Gasteiger partial charge on any atom is 4.00 e. The first kappa shape index (κ1) is 49.5. The van der Waals surface area contributed by atoms with Crippen LogP contribution < -0.4 is 0 Å². The average Bonchev–Trinajstić information content (AvgIpc) is 1.00. The summed E-state index contributed by atoms with van der Waals surface area (Å²) in [6, 6.07) is 0. The summed E-state index contributed by atoms with van der Waals surface area (Å²) in [7, 11) is 3.25. The van der Waals surface area contributed by atoms with Gasteiger partial charge in [0.15, 0.2) is 0 Å². The van der Waals surface area contributed by atoms with E-state index in [9.17, 15) is 0 Å². The minimum atomic E-state index is 0. The van der Waals surface area contributed by atoms with Gasteiger partial charge >= 0.3 is 34.1 Å². The van der Waals surface area contributed by atoms with E-state index in [0.717, 1.165) is 0 Å². The molecule has 5 heteroatoms. The van der Waals surface area contributed by atoms with Gasteiger partial charge in [0, 0.05) is 0 Å². The molecule has 0 atom stereocenters. The topological polar surface area (TPSA) is 74.1 Å². The molecule has 25 valence electrons. The van der Waals surface area contributed by atoms with Crippen LogP contribution in [0.2, 0.25) is 0 Å². The van der Waals surface area contributed by atoms with E-state index in [1.54, 1.807) is 0 Å². The molecule has 0 aromatic rings. The molecule has 0 saturated heterocycles. The summed E-state index contributed by atoms with van der Waals surface area (Å²) < 4.78 is 7.75. The van der Waals surface area contributed by atoms with E-state index in [4.69, 9.17) is 4.70 Å². The van der Waals surface area contributed by atoms with E-state index < -0.39 is 0 Å². The van der Waals surface area contributed by atoms with Crippen LogP contribution >= 0.6 is 0 Å². The summed E-state index contributed by atoms with van der Waals surface area (Å²) in [5, 5.41) is 0. The predicted molar refractivity (Wildman–Crippen MR) is 7.81 cm³/mol. The van der Waals surface area contributed by atoms with Crippen LogP contribution in [0, 0.1) is 0 Å². The van der Waals surface area contributed by atoms with E-state index >= 15 is 0 Å². The third-order valence-electron chi connectivity index (χ3n) is 0. The predicted octanol–water partition coefficient (Wildman–Crippen LogP) is -0.740. The van der Waals surface area contributed by atoms with Crippen LogP contribution in [-0.4, -0.2) is 7.72 Å². The molecule has 0 aliphatic heterocycles. The smallest absolute Gasteiger partial charge is 2.00 e. The Morgan fingerprint density at radius 3 is 1.00 bits per heavy atom. The maximum atomic E-state index is 7.75. The molecule has 0 rings (SSSR count). The first-order valence-electron chi connectivity index (χ1n) is 0.236. The van der Waals surface area contributed by atoms with Crippen molar-refractivity contribution in [3.05, 3.63) is 0 Å². The molecule has 0 aliphatic rings. The average molecular weight is 107 g/mol. The van der Waals surface area contributed by atoms with E-state index in [1.165, 1.54) is 0 Å². The Labute approximate surface area is 45.7 Å². The Hall–Kier alpha value is 0.499. The first-order chi connectivity index (χ1) is 1.00. The van der Waals surface area contributed by atoms with Crippen molar-refractivity contribution in [1.29, 1.82) is 0 Å². The molecule has 0 bridgehead atoms. The van der Waals surface area contributed by atoms with Crippen molar-refractivity contribution in [2.75, 3.05) is 0 Å². The van der Waals surface area contributed by atoms with E-state index in [2.05, 4.69) is 7.72 Å². The zero-order chi connectivity index (χ0) is 2.00. The monoisotopic (exact) mass is 107 g/mol. The van der Waals surface area contributed by atoms with Gasteiger partial charge < -0.3 is 11.0 Å². The minimum Gasteiger partial charge on any atom is -2.00 e. The third kappa shape index (κ3) is 113. The van der Waals surface area contributed by atoms with Crippen LogP contribution in [0.5, 0.6) is 0 Å². The van der Waals surface area contributed by atoms with Crippen LogP contribution in [-0.2, 0) is 37.4 Å². The molecule has 0 amide bonds. The summed E-state index contributed by atoms with van der Waals surface area (Å²) in [5.41, 5.74) is 0. The van der Waals surface area contributed by atoms with Gasteiger partial charge in [-0.05, 0) is 0 Å². The molecule has 0 heterocycles. The molecular weight excluding hydrogens is 107 g/mol. The van der Waals surface area contributed by atoms with E-state index in [-0.39, 0.29) is 32.7 Å². The SMILES string of the molecule is [B]=O.[O-2].[O-2].[Ti+4]. The largest absolute Gasteiger partial charge is 4.00 e. The second-order valence-corrected chi connectivity index (χ2v) is 0. The van der Waals surface area contributed by atoms with Crippen LogP contribution in [0.25, 0.3) is 0 Å². The summed E-state index contributed by atoms with van der Waals surface area (Å²) >= 11 is 0. The molecule has 0 N–H and O–H groups in total. The number of hydrogen-bond donors (Lipinski definition) is 0. The molecule has 1 radical (unpaired) electrons. The van der Waals surface area contributed by atoms with Crippen LogP contribution in [0.15, 0.2) is 0 Å². The van der Waals surface area contributed by atoms with Gasteiger partial charge in [-0.1, -0.05) is 0 Å². The van der Waals surface area contributed by atoms with Gasteiger partial charge in [-0.15, -0.1) is 0 Å². The van der Waals surface area contributed by atoms with Gasteiger partial charge in [0.2, 0.25) is 0 Å². The molecule has 0 saturated carbocycles. The van der Waals surface area contributed by atoms with Crippen molar-refractivity contribution in [3.63, 3.8) is 0 Å². The van der Waals surface area contributed by atoms with Crippen molar-refractivity contribution in [1.82, 2.24) is 0 Å². The van der Waals surface area contributed by atoms with Gasteiger partial charge in [0.05, 0.1) is 0 Å². The normalized spacial score (nSPS) is 0.600. The standard InChI is InChI=1S/BO.2O.Ti/c1-2;;;/q;2*-2;+4. The Morgan fingerprint density at radius 2 is 1.00 bits per heavy atom. The maximum absolute atomic E-state index is 7.75. The van der Waals surface area contributed by atoms with E-state index in [1.807, 2.05) is 0 Å². The number of hydrogen-bond acceptors (Lipinski definition) is 1. The molecule has 0 aliphatic carbocycles. The molecular formula is BO3Ti. The Balaban J connectivity index is -0.00000000167. The van der Waals surface area contributed by atoms with Gasteiger partial charge in [-0.2, -0.15) is 0 Å². The minimum absolute atomic E-state index is 0. The fraction of sp³-hybridized carbons (Fsp3) is 0. The van der Waals surface area contributed by atoms with Gasteiger partial charge in [-0.3, -0.25) is 0 Å². The van der Waals surface area contributed by atoms with Crippen LogP contribution in [0.4, 0.5) is 0 Å². The summed E-state index contributed by atoms with van der Waals surface area (Å²) in [4.78, 5) is 0. The van der Waals surface area contributed by atoms with Crippen molar-refractivity contribution >= 4 is 7.72 Å². The molecule has 0 aromatic heterocycles. The van der Waals surface area contributed by atoms with Crippen molar-refractivity contribution in [3.8, 4) is 0 Å². The second kappa shape index (κ2) is 221. The quantitative estimate of drug-likeness (QED) is 0.375. The zero-order valence-corrected chi connectivity index (χ0v) is 3.86. The van der Waals surface area contributed by atoms with Crippen molar-refractivity contribution in [2.45, 2.75) is 0 Å². The molecule has 5 heavy (non-hydrogen) atoms. The Kier molecular flexibility index (Phi) is 2190. The van der Waals surface area contributed by atoms with Gasteiger partial charge in [0.1, 0.15) is 0 Å². The summed E-state index contributed by atoms with van der Waals surface area (Å²) in [6.45, 7) is 0. The summed E-state index contributed by atoms with van der Waals surface area (Å²) in [6.07, 6.45) is 0. The first-order valence-corrected chi connectivity index (χ1v) is 0.236. The molecule has 0 unspecified atom stereocenters. The van der Waals surface area contributed by atoms with Crippen molar-refractivity contribution < 1.29 is 37.4 Å².